The average molecular weight is 372 g/mol. The van der Waals surface area contributed by atoms with Gasteiger partial charge in [0.05, 0.1) is 34.7 Å². The topological polar surface area (TPSA) is 42.2 Å². The molecule has 2 heterocycles. The highest BCUT2D eigenvalue weighted by Crippen LogP contribution is 2.25. The van der Waals surface area contributed by atoms with E-state index in [9.17, 15) is 0 Å². The molecule has 0 saturated heterocycles. The van der Waals surface area contributed by atoms with Crippen LogP contribution in [-0.2, 0) is 6.54 Å². The van der Waals surface area contributed by atoms with Crippen molar-refractivity contribution in [3.05, 3.63) is 57.1 Å². The van der Waals surface area contributed by atoms with Gasteiger partial charge in [0.2, 0.25) is 0 Å². The molecule has 0 aliphatic heterocycles. The van der Waals surface area contributed by atoms with Crippen LogP contribution in [0.4, 0.5) is 5.69 Å². The summed E-state index contributed by atoms with van der Waals surface area (Å²) in [4.78, 5) is 8.44. The Hall–Kier alpha value is -1.30. The number of rotatable bonds is 3. The molecule has 0 amide bonds. The average Bonchev–Trinajstić information content (AvgIpc) is 2.82. The first-order valence-electron chi connectivity index (χ1n) is 5.80. The van der Waals surface area contributed by atoms with E-state index < -0.39 is 0 Å². The predicted octanol–water partition coefficient (Wildman–Crippen LogP) is 4.41. The number of nitrogens with zero attached hydrogens (tertiary/aromatic N) is 3. The van der Waals surface area contributed by atoms with E-state index >= 15 is 0 Å². The lowest BCUT2D eigenvalue weighted by Crippen LogP contribution is -2.02. The van der Waals surface area contributed by atoms with Gasteiger partial charge in [-0.2, -0.15) is 0 Å². The van der Waals surface area contributed by atoms with Gasteiger partial charge in [0.1, 0.15) is 4.60 Å². The number of hydrogen-bond donors (Lipinski definition) is 1. The second-order valence-corrected chi connectivity index (χ2v) is 5.80. The molecule has 4 nitrogen and oxygen atoms in total. The van der Waals surface area contributed by atoms with Gasteiger partial charge in [0.15, 0.2) is 5.65 Å². The number of fused-ring (bicyclic) bond motifs is 1. The van der Waals surface area contributed by atoms with Crippen molar-refractivity contribution in [2.24, 2.45) is 0 Å². The van der Waals surface area contributed by atoms with E-state index in [1.807, 2.05) is 22.9 Å². The van der Waals surface area contributed by atoms with E-state index in [4.69, 9.17) is 23.2 Å². The standard InChI is InChI=1S/C13H9BrCl2N4/c14-12-7-20-9(5-19-13(20)6-18-12)4-17-8-1-2-10(15)11(16)3-8/h1-3,5-7,17H,4H2. The summed E-state index contributed by atoms with van der Waals surface area (Å²) in [5.41, 5.74) is 2.73. The third kappa shape index (κ3) is 2.75. The Morgan fingerprint density at radius 2 is 2.00 bits per heavy atom. The summed E-state index contributed by atoms with van der Waals surface area (Å²) in [5.74, 6) is 0. The Labute approximate surface area is 133 Å². The second kappa shape index (κ2) is 5.60. The van der Waals surface area contributed by atoms with Crippen LogP contribution in [0.15, 0.2) is 41.4 Å². The van der Waals surface area contributed by atoms with Crippen LogP contribution in [0.2, 0.25) is 10.0 Å². The molecule has 0 bridgehead atoms. The Morgan fingerprint density at radius 1 is 1.15 bits per heavy atom. The van der Waals surface area contributed by atoms with Gasteiger partial charge < -0.3 is 5.32 Å². The van der Waals surface area contributed by atoms with Crippen LogP contribution >= 0.6 is 39.1 Å². The summed E-state index contributed by atoms with van der Waals surface area (Å²) < 4.78 is 2.74. The first-order chi connectivity index (χ1) is 9.63. The van der Waals surface area contributed by atoms with Gasteiger partial charge in [-0.25, -0.2) is 9.97 Å². The van der Waals surface area contributed by atoms with Crippen molar-refractivity contribution < 1.29 is 0 Å². The van der Waals surface area contributed by atoms with Crippen LogP contribution in [0.1, 0.15) is 5.69 Å². The lowest BCUT2D eigenvalue weighted by atomic mass is 10.3. The molecule has 0 saturated carbocycles. The lowest BCUT2D eigenvalue weighted by Gasteiger charge is -2.07. The van der Waals surface area contributed by atoms with E-state index in [2.05, 4.69) is 31.2 Å². The van der Waals surface area contributed by atoms with Crippen molar-refractivity contribution in [2.75, 3.05) is 5.32 Å². The first kappa shape index (κ1) is 13.7. The van der Waals surface area contributed by atoms with E-state index in [-0.39, 0.29) is 0 Å². The van der Waals surface area contributed by atoms with Gasteiger partial charge in [-0.3, -0.25) is 4.40 Å². The molecular weight excluding hydrogens is 363 g/mol. The molecule has 2 aromatic heterocycles. The number of hydrogen-bond acceptors (Lipinski definition) is 3. The molecule has 0 spiro atoms. The molecule has 1 N–H and O–H groups in total. The minimum Gasteiger partial charge on any atom is -0.379 e. The number of nitrogens with one attached hydrogen (secondary N) is 1. The zero-order valence-electron chi connectivity index (χ0n) is 10.1. The summed E-state index contributed by atoms with van der Waals surface area (Å²) in [7, 11) is 0. The zero-order chi connectivity index (χ0) is 14.1. The number of benzene rings is 1. The van der Waals surface area contributed by atoms with Crippen molar-refractivity contribution in [3.8, 4) is 0 Å². The summed E-state index contributed by atoms with van der Waals surface area (Å²) in [6.07, 6.45) is 5.41. The van der Waals surface area contributed by atoms with Gasteiger partial charge in [0.25, 0.3) is 0 Å². The Kier molecular flexibility index (Phi) is 3.83. The molecule has 3 rings (SSSR count). The predicted molar refractivity (Wildman–Crippen MR) is 84.5 cm³/mol. The second-order valence-electron chi connectivity index (χ2n) is 4.17. The van der Waals surface area contributed by atoms with Crippen LogP contribution in [-0.4, -0.2) is 14.4 Å². The molecule has 0 radical (unpaired) electrons. The van der Waals surface area contributed by atoms with Crippen LogP contribution in [0.3, 0.4) is 0 Å². The molecule has 0 unspecified atom stereocenters. The van der Waals surface area contributed by atoms with Gasteiger partial charge in [-0.05, 0) is 34.1 Å². The van der Waals surface area contributed by atoms with Crippen LogP contribution in [0.5, 0.6) is 0 Å². The third-order valence-electron chi connectivity index (χ3n) is 2.83. The molecule has 3 aromatic rings. The zero-order valence-corrected chi connectivity index (χ0v) is 13.2. The highest BCUT2D eigenvalue weighted by atomic mass is 79.9. The summed E-state index contributed by atoms with van der Waals surface area (Å²) in [6.45, 7) is 0.621. The molecule has 20 heavy (non-hydrogen) atoms. The third-order valence-corrected chi connectivity index (χ3v) is 3.98. The molecule has 102 valence electrons. The summed E-state index contributed by atoms with van der Waals surface area (Å²) in [5, 5.41) is 4.36. The molecule has 0 atom stereocenters. The highest BCUT2D eigenvalue weighted by molar-refractivity contribution is 9.10. The van der Waals surface area contributed by atoms with Gasteiger partial charge in [-0.15, -0.1) is 0 Å². The SMILES string of the molecule is Clc1ccc(NCc2cnc3cnc(Br)cn23)cc1Cl. The maximum Gasteiger partial charge on any atom is 0.155 e. The smallest absolute Gasteiger partial charge is 0.155 e. The van der Waals surface area contributed by atoms with E-state index in [0.29, 0.717) is 16.6 Å². The minimum absolute atomic E-state index is 0.529. The molecule has 0 fully saturated rings. The maximum atomic E-state index is 5.99. The summed E-state index contributed by atoms with van der Waals surface area (Å²) in [6, 6.07) is 5.45. The first-order valence-corrected chi connectivity index (χ1v) is 7.35. The fraction of sp³-hybridized carbons (Fsp3) is 0.0769. The monoisotopic (exact) mass is 370 g/mol. The van der Waals surface area contributed by atoms with Crippen molar-refractivity contribution in [3.63, 3.8) is 0 Å². The van der Waals surface area contributed by atoms with Crippen LogP contribution in [0.25, 0.3) is 5.65 Å². The largest absolute Gasteiger partial charge is 0.379 e. The van der Waals surface area contributed by atoms with Crippen molar-refractivity contribution in [1.82, 2.24) is 14.4 Å². The van der Waals surface area contributed by atoms with E-state index in [1.165, 1.54) is 0 Å². The number of imidazole rings is 1. The van der Waals surface area contributed by atoms with E-state index in [1.54, 1.807) is 18.3 Å². The van der Waals surface area contributed by atoms with Crippen LogP contribution in [0, 0.1) is 0 Å². The minimum atomic E-state index is 0.529. The molecule has 0 aliphatic rings. The lowest BCUT2D eigenvalue weighted by molar-refractivity contribution is 0.983. The molecule has 0 aliphatic carbocycles. The normalized spacial score (nSPS) is 10.9. The molecule has 7 heteroatoms. The number of halogens is 3. The van der Waals surface area contributed by atoms with Crippen molar-refractivity contribution in [2.45, 2.75) is 6.54 Å². The Balaban J connectivity index is 1.83. The Bertz CT molecular complexity index is 772. The number of anilines is 1. The highest BCUT2D eigenvalue weighted by Gasteiger charge is 2.05. The summed E-state index contributed by atoms with van der Waals surface area (Å²) >= 11 is 15.2. The number of aromatic nitrogens is 3. The van der Waals surface area contributed by atoms with Gasteiger partial charge in [0, 0.05) is 11.9 Å². The fourth-order valence-electron chi connectivity index (χ4n) is 1.85. The van der Waals surface area contributed by atoms with E-state index in [0.717, 1.165) is 21.6 Å². The molecular formula is C13H9BrCl2N4. The van der Waals surface area contributed by atoms with Crippen molar-refractivity contribution in [1.29, 1.82) is 0 Å². The maximum absolute atomic E-state index is 5.99. The molecule has 1 aromatic carbocycles. The van der Waals surface area contributed by atoms with Gasteiger partial charge >= 0.3 is 0 Å². The quantitative estimate of drug-likeness (QED) is 0.741. The fourth-order valence-corrected chi connectivity index (χ4v) is 2.45. The Morgan fingerprint density at radius 3 is 2.80 bits per heavy atom. The van der Waals surface area contributed by atoms with Gasteiger partial charge in [-0.1, -0.05) is 23.2 Å². The van der Waals surface area contributed by atoms with Crippen LogP contribution < -0.4 is 5.32 Å². The van der Waals surface area contributed by atoms with Crippen molar-refractivity contribution >= 4 is 50.5 Å².